The van der Waals surface area contributed by atoms with E-state index in [0.717, 1.165) is 25.9 Å². The SMILES string of the molecule is CCc1cnc2c(c1)C[C@@H]1CNC[C@@H](C)N21.O=C(O)C(F)(F)F.O=C(O)C(F)(F)F. The maximum absolute atomic E-state index is 10.6. The third-order valence-corrected chi connectivity index (χ3v) is 4.28. The van der Waals surface area contributed by atoms with Crippen LogP contribution in [0.2, 0.25) is 0 Å². The number of pyridine rings is 1. The summed E-state index contributed by atoms with van der Waals surface area (Å²) in [5, 5.41) is 17.7. The number of fused-ring (bicyclic) bond motifs is 3. The first-order valence-electron chi connectivity index (χ1n) is 8.75. The molecule has 1 aromatic heterocycles. The number of nitrogens with zero attached hydrogens (tertiary/aromatic N) is 2. The zero-order chi connectivity index (χ0) is 23.3. The molecule has 30 heavy (non-hydrogen) atoms. The van der Waals surface area contributed by atoms with Gasteiger partial charge in [-0.05, 0) is 30.9 Å². The van der Waals surface area contributed by atoms with E-state index in [1.54, 1.807) is 0 Å². The Balaban J connectivity index is 0.000000271. The Hall–Kier alpha value is -2.57. The minimum absolute atomic E-state index is 0.569. The van der Waals surface area contributed by atoms with Gasteiger partial charge < -0.3 is 20.4 Å². The second-order valence-corrected chi connectivity index (χ2v) is 6.56. The molecule has 1 fully saturated rings. The fraction of sp³-hybridized carbons (Fsp3) is 0.588. The van der Waals surface area contributed by atoms with Gasteiger partial charge in [0.05, 0.1) is 0 Å². The van der Waals surface area contributed by atoms with Crippen LogP contribution in [0.15, 0.2) is 12.3 Å². The Morgan fingerprint density at radius 2 is 1.63 bits per heavy atom. The molecule has 0 spiro atoms. The van der Waals surface area contributed by atoms with Gasteiger partial charge in [0.25, 0.3) is 0 Å². The number of aliphatic carboxylic acids is 2. The first kappa shape index (κ1) is 25.5. The Labute approximate surface area is 167 Å². The van der Waals surface area contributed by atoms with Gasteiger partial charge in [0.2, 0.25) is 0 Å². The van der Waals surface area contributed by atoms with Crippen LogP contribution >= 0.6 is 0 Å². The lowest BCUT2D eigenvalue weighted by Gasteiger charge is -2.37. The molecule has 2 aliphatic heterocycles. The second kappa shape index (κ2) is 9.96. The molecule has 7 nitrogen and oxygen atoms in total. The van der Waals surface area contributed by atoms with Gasteiger partial charge in [-0.25, -0.2) is 14.6 Å². The fourth-order valence-electron chi connectivity index (χ4n) is 2.95. The number of anilines is 1. The third kappa shape index (κ3) is 7.04. The van der Waals surface area contributed by atoms with Crippen LogP contribution in [0, 0.1) is 0 Å². The van der Waals surface area contributed by atoms with Crippen molar-refractivity contribution in [1.29, 1.82) is 0 Å². The van der Waals surface area contributed by atoms with Crippen molar-refractivity contribution in [2.75, 3.05) is 18.0 Å². The molecule has 1 aromatic rings. The van der Waals surface area contributed by atoms with Crippen LogP contribution < -0.4 is 10.2 Å². The Bertz CT molecular complexity index is 730. The van der Waals surface area contributed by atoms with Crippen molar-refractivity contribution >= 4 is 17.8 Å². The largest absolute Gasteiger partial charge is 0.490 e. The molecule has 1 saturated heterocycles. The van der Waals surface area contributed by atoms with Crippen molar-refractivity contribution in [2.24, 2.45) is 0 Å². The van der Waals surface area contributed by atoms with E-state index in [1.165, 1.54) is 16.9 Å². The van der Waals surface area contributed by atoms with E-state index < -0.39 is 24.3 Å². The number of rotatable bonds is 1. The molecule has 2 aliphatic rings. The van der Waals surface area contributed by atoms with Crippen LogP contribution in [-0.4, -0.2) is 64.7 Å². The Morgan fingerprint density at radius 3 is 2.07 bits per heavy atom. The normalized spacial score (nSPS) is 20.1. The molecular weight excluding hydrogens is 424 g/mol. The standard InChI is InChI=1S/C13H19N3.2C2HF3O2/c1-3-10-4-11-5-12-8-14-6-9(2)16(12)13(11)15-7-10;2*3-2(4,5)1(6)7/h4,7,9,12,14H,3,5-6,8H2,1-2H3;2*(H,6,7)/t9-,12-;;/m1../s1. The van der Waals surface area contributed by atoms with Crippen LogP contribution in [0.3, 0.4) is 0 Å². The fourth-order valence-corrected chi connectivity index (χ4v) is 2.95. The second-order valence-electron chi connectivity index (χ2n) is 6.56. The van der Waals surface area contributed by atoms with Crippen molar-refractivity contribution in [1.82, 2.24) is 10.3 Å². The summed E-state index contributed by atoms with van der Waals surface area (Å²) in [4.78, 5) is 25.0. The summed E-state index contributed by atoms with van der Waals surface area (Å²) in [6.07, 6.45) is -5.89. The Kier molecular flexibility index (Phi) is 8.45. The van der Waals surface area contributed by atoms with E-state index in [9.17, 15) is 26.3 Å². The number of hydrogen-bond donors (Lipinski definition) is 3. The summed E-state index contributed by atoms with van der Waals surface area (Å²) < 4.78 is 63.5. The molecule has 0 amide bonds. The monoisotopic (exact) mass is 445 g/mol. The zero-order valence-corrected chi connectivity index (χ0v) is 16.0. The lowest BCUT2D eigenvalue weighted by atomic mass is 10.1. The van der Waals surface area contributed by atoms with Crippen LogP contribution in [0.5, 0.6) is 0 Å². The number of nitrogens with one attached hydrogen (secondary N) is 1. The first-order valence-corrected chi connectivity index (χ1v) is 8.75. The van der Waals surface area contributed by atoms with Gasteiger partial charge in [-0.3, -0.25) is 0 Å². The van der Waals surface area contributed by atoms with Crippen molar-refractivity contribution < 1.29 is 46.1 Å². The van der Waals surface area contributed by atoms with E-state index in [4.69, 9.17) is 19.8 Å². The van der Waals surface area contributed by atoms with Crippen molar-refractivity contribution in [3.63, 3.8) is 0 Å². The summed E-state index contributed by atoms with van der Waals surface area (Å²) in [5.41, 5.74) is 2.80. The summed E-state index contributed by atoms with van der Waals surface area (Å²) in [6, 6.07) is 3.53. The van der Waals surface area contributed by atoms with Gasteiger partial charge in [-0.15, -0.1) is 0 Å². The number of carboxylic acids is 2. The van der Waals surface area contributed by atoms with E-state index in [-0.39, 0.29) is 0 Å². The molecule has 3 N–H and O–H groups in total. The van der Waals surface area contributed by atoms with Crippen LogP contribution in [0.4, 0.5) is 32.2 Å². The number of carboxylic acid groups (broad SMARTS) is 2. The van der Waals surface area contributed by atoms with Crippen molar-refractivity contribution in [3.8, 4) is 0 Å². The summed E-state index contributed by atoms with van der Waals surface area (Å²) in [5.74, 6) is -4.28. The molecule has 0 bridgehead atoms. The van der Waals surface area contributed by atoms with Crippen LogP contribution in [-0.2, 0) is 22.4 Å². The molecule has 0 saturated carbocycles. The van der Waals surface area contributed by atoms with Crippen LogP contribution in [0.25, 0.3) is 0 Å². The van der Waals surface area contributed by atoms with Gasteiger partial charge in [-0.2, -0.15) is 26.3 Å². The maximum Gasteiger partial charge on any atom is 0.490 e. The highest BCUT2D eigenvalue weighted by Crippen LogP contribution is 2.33. The van der Waals surface area contributed by atoms with Gasteiger partial charge in [-0.1, -0.05) is 13.0 Å². The van der Waals surface area contributed by atoms with Crippen molar-refractivity contribution in [2.45, 2.75) is 51.1 Å². The predicted molar refractivity (Wildman–Crippen MR) is 93.3 cm³/mol. The highest BCUT2D eigenvalue weighted by molar-refractivity contribution is 5.73. The van der Waals surface area contributed by atoms with Crippen molar-refractivity contribution in [3.05, 3.63) is 23.4 Å². The molecule has 3 rings (SSSR count). The minimum atomic E-state index is -5.08. The number of piperazine rings is 1. The molecule has 170 valence electrons. The number of aromatic nitrogens is 1. The van der Waals surface area contributed by atoms with Gasteiger partial charge >= 0.3 is 24.3 Å². The molecule has 0 aliphatic carbocycles. The van der Waals surface area contributed by atoms with E-state index in [2.05, 4.69) is 35.1 Å². The van der Waals surface area contributed by atoms with E-state index in [1.807, 2.05) is 6.20 Å². The number of halogens is 6. The lowest BCUT2D eigenvalue weighted by Crippen LogP contribution is -2.55. The predicted octanol–water partition coefficient (Wildman–Crippen LogP) is 2.63. The smallest absolute Gasteiger partial charge is 0.475 e. The molecule has 2 atom stereocenters. The minimum Gasteiger partial charge on any atom is -0.475 e. The van der Waals surface area contributed by atoms with Gasteiger partial charge in [0.1, 0.15) is 5.82 Å². The summed E-state index contributed by atoms with van der Waals surface area (Å²) in [7, 11) is 0. The number of aryl methyl sites for hydroxylation is 1. The number of alkyl halides is 6. The van der Waals surface area contributed by atoms with Gasteiger partial charge in [0, 0.05) is 31.4 Å². The zero-order valence-electron chi connectivity index (χ0n) is 16.0. The third-order valence-electron chi connectivity index (χ3n) is 4.28. The first-order chi connectivity index (χ1) is 13.7. The Morgan fingerprint density at radius 1 is 1.13 bits per heavy atom. The van der Waals surface area contributed by atoms with Gasteiger partial charge in [0.15, 0.2) is 0 Å². The van der Waals surface area contributed by atoms with Crippen LogP contribution in [0.1, 0.15) is 25.0 Å². The average Bonchev–Trinajstić information content (AvgIpc) is 2.99. The quantitative estimate of drug-likeness (QED) is 0.571. The molecule has 3 heterocycles. The number of hydrogen-bond acceptors (Lipinski definition) is 5. The summed E-state index contributed by atoms with van der Waals surface area (Å²) in [6.45, 7) is 6.65. The lowest BCUT2D eigenvalue weighted by molar-refractivity contribution is -0.193. The summed E-state index contributed by atoms with van der Waals surface area (Å²) >= 11 is 0. The molecule has 0 unspecified atom stereocenters. The molecular formula is C17H21F6N3O4. The van der Waals surface area contributed by atoms with E-state index >= 15 is 0 Å². The van der Waals surface area contributed by atoms with E-state index in [0.29, 0.717) is 12.1 Å². The highest BCUT2D eigenvalue weighted by atomic mass is 19.4. The number of carbonyl (C=O) groups is 2. The average molecular weight is 445 g/mol. The molecule has 13 heteroatoms. The highest BCUT2D eigenvalue weighted by Gasteiger charge is 2.39. The molecule has 0 radical (unpaired) electrons. The topological polar surface area (TPSA) is 103 Å². The maximum atomic E-state index is 10.6. The molecule has 0 aromatic carbocycles.